The summed E-state index contributed by atoms with van der Waals surface area (Å²) >= 11 is 0.726. The molecule has 132 heavy (non-hydrogen) atoms. The smallest absolute Gasteiger partial charge is 0.323 e. The predicted octanol–water partition coefficient (Wildman–Crippen LogP) is -5.86. The second-order valence-electron chi connectivity index (χ2n) is 32.8. The molecule has 0 spiro atoms. The Morgan fingerprint density at radius 1 is 0.538 bits per heavy atom. The molecule has 17 amide bonds. The summed E-state index contributed by atoms with van der Waals surface area (Å²) < 4.78 is 1.38. The van der Waals surface area contributed by atoms with Crippen LogP contribution in [0, 0.1) is 0 Å². The number of aliphatic hydroxyl groups excluding tert-OH is 2. The average Bonchev–Trinajstić information content (AvgIpc) is 1.69. The number of aromatic hydroxyl groups is 1. The highest BCUT2D eigenvalue weighted by Crippen LogP contribution is 2.28. The monoisotopic (exact) mass is 1860 g/mol. The minimum absolute atomic E-state index is 0.0663. The van der Waals surface area contributed by atoms with Crippen molar-refractivity contribution in [2.75, 3.05) is 72.0 Å². The van der Waals surface area contributed by atoms with Crippen molar-refractivity contribution in [1.82, 2.24) is 87.2 Å². The third-order valence-electron chi connectivity index (χ3n) is 23.3. The lowest BCUT2D eigenvalue weighted by atomic mass is 10.00. The van der Waals surface area contributed by atoms with E-state index in [0.717, 1.165) is 36.3 Å². The summed E-state index contributed by atoms with van der Waals surface area (Å²) in [6.45, 7) is 0.131. The maximum Gasteiger partial charge on any atom is 0.323 e. The number of nitrogens with zero attached hydrogens (tertiary/aromatic N) is 6. The first-order valence-corrected chi connectivity index (χ1v) is 44.5. The largest absolute Gasteiger partial charge is 0.508 e. The number of H-pyrrole nitrogens is 1. The number of aromatic nitrogens is 2. The Morgan fingerprint density at radius 2 is 1.08 bits per heavy atom. The molecule has 718 valence electrons. The summed E-state index contributed by atoms with van der Waals surface area (Å²) in [7, 11) is 3.72. The number of carbonyl (C=O) groups excluding carboxylic acids is 17. The molecule has 0 aliphatic carbocycles. The number of phenolic OH excluding ortho intramolecular Hbond substituents is 1. The number of carboxylic acid groups (broad SMARTS) is 2. The summed E-state index contributed by atoms with van der Waals surface area (Å²) in [5.74, 6) is -21.7. The van der Waals surface area contributed by atoms with E-state index in [0.29, 0.717) is 45.8 Å². The Balaban J connectivity index is 1.19. The maximum atomic E-state index is 15.8. The topological polar surface area (TPSA) is 687 Å². The molecular weight excluding hydrogens is 1740 g/mol. The highest BCUT2D eigenvalue weighted by molar-refractivity contribution is 8.00. The molecule has 3 aliphatic rings. The van der Waals surface area contributed by atoms with Crippen LogP contribution in [0.2, 0.25) is 0 Å². The van der Waals surface area contributed by atoms with E-state index in [1.807, 2.05) is 0 Å². The number of benzene rings is 3. The number of rotatable bonds is 25. The molecule has 45 nitrogen and oxygen atoms in total. The van der Waals surface area contributed by atoms with Gasteiger partial charge in [-0.05, 0) is 80.0 Å². The quantitative estimate of drug-likeness (QED) is 0.0259. The Labute approximate surface area is 763 Å². The third kappa shape index (κ3) is 28.1. The van der Waals surface area contributed by atoms with Gasteiger partial charge < -0.3 is 136 Å². The van der Waals surface area contributed by atoms with E-state index in [-0.39, 0.29) is 62.8 Å². The van der Waals surface area contributed by atoms with Crippen LogP contribution in [0.25, 0.3) is 21.8 Å². The molecule has 15 atom stereocenters. The fourth-order valence-corrected chi connectivity index (χ4v) is 16.8. The summed E-state index contributed by atoms with van der Waals surface area (Å²) in [6, 6.07) is -4.78. The van der Waals surface area contributed by atoms with Gasteiger partial charge in [0.2, 0.25) is 100 Å². The van der Waals surface area contributed by atoms with Crippen LogP contribution < -0.4 is 76.1 Å². The lowest BCUT2D eigenvalue weighted by Gasteiger charge is -2.36. The van der Waals surface area contributed by atoms with Gasteiger partial charge in [-0.2, -0.15) is 0 Å². The molecule has 3 aliphatic heterocycles. The van der Waals surface area contributed by atoms with E-state index in [1.54, 1.807) is 62.4 Å². The normalized spacial score (nSPS) is 25.0. The molecule has 3 saturated heterocycles. The van der Waals surface area contributed by atoms with E-state index < -0.39 is 292 Å². The van der Waals surface area contributed by atoms with Crippen molar-refractivity contribution in [3.8, 4) is 5.75 Å². The lowest BCUT2D eigenvalue weighted by molar-refractivity contribution is -0.149. The van der Waals surface area contributed by atoms with Crippen LogP contribution in [-0.2, 0) is 117 Å². The molecule has 0 saturated carbocycles. The molecule has 0 bridgehead atoms. The van der Waals surface area contributed by atoms with Crippen molar-refractivity contribution >= 4 is 146 Å². The highest BCUT2D eigenvalue weighted by atomic mass is 32.2. The predicted molar refractivity (Wildman–Crippen MR) is 475 cm³/mol. The molecular formula is C86H119N21O24S. The van der Waals surface area contributed by atoms with Gasteiger partial charge in [0, 0.05) is 119 Å². The summed E-state index contributed by atoms with van der Waals surface area (Å²) in [5.41, 5.74) is 25.3. The maximum absolute atomic E-state index is 15.8. The number of aromatic amines is 1. The Bertz CT molecular complexity index is 5050. The number of hydrogen-bond donors (Lipinski definition) is 20. The number of carboxylic acids is 2. The molecule has 46 heteroatoms. The van der Waals surface area contributed by atoms with Gasteiger partial charge in [0.15, 0.2) is 0 Å². The van der Waals surface area contributed by atoms with Gasteiger partial charge in [-0.15, -0.1) is 11.8 Å². The fourth-order valence-electron chi connectivity index (χ4n) is 15.9. The summed E-state index contributed by atoms with van der Waals surface area (Å²) in [4.78, 5) is 279. The minimum Gasteiger partial charge on any atom is -0.508 e. The van der Waals surface area contributed by atoms with Crippen LogP contribution in [-0.4, -0.2) is 335 Å². The van der Waals surface area contributed by atoms with Gasteiger partial charge in [-0.1, -0.05) is 88.1 Å². The molecule has 3 aromatic carbocycles. The number of aliphatic carboxylic acids is 2. The lowest BCUT2D eigenvalue weighted by Crippen LogP contribution is -2.62. The summed E-state index contributed by atoms with van der Waals surface area (Å²) in [6.07, 6.45) is -1.27. The van der Waals surface area contributed by atoms with E-state index >= 15 is 28.8 Å². The van der Waals surface area contributed by atoms with E-state index in [2.05, 4.69) is 58.2 Å². The van der Waals surface area contributed by atoms with Crippen molar-refractivity contribution < 1.29 is 117 Å². The van der Waals surface area contributed by atoms with Gasteiger partial charge in [0.25, 0.3) is 0 Å². The number of phenols is 1. The first-order chi connectivity index (χ1) is 62.7. The number of likely N-dealkylation sites (N-methyl/N-ethyl adjacent to an activating group) is 3. The zero-order chi connectivity index (χ0) is 97.1. The number of fused-ring (bicyclic) bond motifs is 4. The molecule has 5 aromatic rings. The number of primary amides is 2. The number of nitrogens with two attached hydrogens (primary N) is 4. The van der Waals surface area contributed by atoms with Crippen LogP contribution in [0.3, 0.4) is 0 Å². The zero-order valence-electron chi connectivity index (χ0n) is 74.1. The van der Waals surface area contributed by atoms with Crippen molar-refractivity contribution in [3.63, 3.8) is 0 Å². The van der Waals surface area contributed by atoms with Gasteiger partial charge in [-0.3, -0.25) is 91.1 Å². The molecule has 24 N–H and O–H groups in total. The Hall–Kier alpha value is -13.3. The standard InChI is InChI=1S/C86H119N21O24S/c1-7-9-19-64-79(124)98-60(36-88)77(122)101-62(74(119)92-38-69(90)112)43-132-44-70(113)93-56(30-46-23-25-49(109)26-24-46)82(127)102(4)45(3)73(118)96-58(34-68(89)111)85(130)106-29-15-22-65(106)80(125)99-59(35-87)76(121)94-54(27-28-71(114)115)84(129)107-40-50(110)33-67(107)81(126)95-55(31-47-37-91-53-18-13-11-16-51(47)53)75(120)100-61(42-108)78(123)97-57(83(128)104(6)66(20-10-8-2)86(131)103(64)5)32-48-39-105(41-72(116)117)63-21-14-12-17-52(48)63/h11-14,16-18,21,23-26,37,39,45,50,54-62,64-67,91,108-110H,7-10,15,19-20,22,27-36,38,40-44,87-88H2,1-6H3,(H2,89,111)(H2,90,112)(H,92,119)(H,93,113)(H,94,121)(H,95,126)(H,96,118)(H,97,123)(H,98,124)(H,99,125)(H,100,120)(H,101,122)(H,114,115)(H,116,117)/t45-,50+,54-,55-,56-,57-,58+,59-,60-,61-,62-,64-,65-,66-,67-/m0/s1. The van der Waals surface area contributed by atoms with E-state index in [9.17, 15) is 87.9 Å². The van der Waals surface area contributed by atoms with Crippen molar-refractivity contribution in [1.29, 1.82) is 0 Å². The molecule has 3 fully saturated rings. The van der Waals surface area contributed by atoms with Crippen LogP contribution in [0.4, 0.5) is 0 Å². The van der Waals surface area contributed by atoms with Crippen molar-refractivity contribution in [2.45, 2.75) is 214 Å². The van der Waals surface area contributed by atoms with Gasteiger partial charge in [-0.25, -0.2) is 0 Å². The van der Waals surface area contributed by atoms with E-state index in [1.165, 1.54) is 69.3 Å². The first kappa shape index (κ1) is 104. The molecule has 0 radical (unpaired) electrons. The second-order valence-corrected chi connectivity index (χ2v) is 33.9. The Morgan fingerprint density at radius 3 is 1.72 bits per heavy atom. The number of thioether (sulfide) groups is 1. The summed E-state index contributed by atoms with van der Waals surface area (Å²) in [5, 5.41) is 78.6. The average molecular weight is 1860 g/mol. The highest BCUT2D eigenvalue weighted by Gasteiger charge is 2.47. The third-order valence-corrected chi connectivity index (χ3v) is 24.3. The fraction of sp³-hybridized carbons (Fsp3) is 0.523. The number of unbranched alkanes of at least 4 members (excludes halogenated alkanes) is 2. The SMILES string of the molecule is CCCC[C@H]1C(=O)N(C)[C@@H](CCCC)C(=O)N[C@@H](CN)C(=O)N[C@H](C(=O)NCC(N)=O)CSCC(=O)N[C@@H](Cc2ccc(O)cc2)C(=O)N(C)[C@@H](C)C(=O)N[C@H](CC(N)=O)C(=O)N2CCC[C@H]2C(=O)N[C@@H](CN)C(=O)N[C@@H](CCC(=O)O)C(=O)N2C[C@H](O)C[C@H]2C(=O)N[C@@H](Cc2c[nH]c3ccccc23)C(=O)N[C@@H](CO)C(=O)N[C@@H](Cc2cn(CC(=O)O)c3ccccc23)C(=O)N1C. The minimum atomic E-state index is -2.01. The molecule has 8 rings (SSSR count). The second kappa shape index (κ2) is 49.1. The van der Waals surface area contributed by atoms with Crippen LogP contribution in [0.1, 0.15) is 115 Å². The number of hydrogen-bond acceptors (Lipinski definition) is 25. The van der Waals surface area contributed by atoms with E-state index in [4.69, 9.17) is 22.9 Å². The Kier molecular flexibility index (Phi) is 38.7. The molecule has 2 aromatic heterocycles. The number of nitrogens with one attached hydrogen (secondary N) is 11. The number of para-hydroxylation sites is 2. The number of carbonyl (C=O) groups is 19. The number of amides is 17. The number of aliphatic hydroxyl groups is 2. The van der Waals surface area contributed by atoms with Crippen molar-refractivity contribution in [3.05, 3.63) is 102 Å². The van der Waals surface area contributed by atoms with Crippen LogP contribution >= 0.6 is 11.8 Å². The van der Waals surface area contributed by atoms with Gasteiger partial charge >= 0.3 is 11.9 Å². The van der Waals surface area contributed by atoms with Crippen LogP contribution in [0.15, 0.2) is 85.2 Å². The van der Waals surface area contributed by atoms with Crippen LogP contribution in [0.5, 0.6) is 5.75 Å². The molecule has 5 heterocycles. The van der Waals surface area contributed by atoms with Gasteiger partial charge in [0.1, 0.15) is 96.9 Å². The molecule has 0 unspecified atom stereocenters. The first-order valence-electron chi connectivity index (χ1n) is 43.3. The van der Waals surface area contributed by atoms with Crippen molar-refractivity contribution in [2.24, 2.45) is 22.9 Å². The van der Waals surface area contributed by atoms with Gasteiger partial charge in [0.05, 0.1) is 31.4 Å². The zero-order valence-corrected chi connectivity index (χ0v) is 74.9.